The molecule has 0 radical (unpaired) electrons. The number of ether oxygens (including phenoxy) is 1. The highest BCUT2D eigenvalue weighted by Gasteiger charge is 2.19. The van der Waals surface area contributed by atoms with Crippen LogP contribution in [-0.2, 0) is 11.2 Å². The Bertz CT molecular complexity index is 1170. The van der Waals surface area contributed by atoms with Crippen molar-refractivity contribution in [1.29, 1.82) is 5.41 Å². The summed E-state index contributed by atoms with van der Waals surface area (Å²) in [5.41, 5.74) is 7.61. The first kappa shape index (κ1) is 28.7. The van der Waals surface area contributed by atoms with E-state index >= 15 is 0 Å². The fourth-order valence-corrected chi connectivity index (χ4v) is 4.11. The molecule has 2 aromatic rings. The Labute approximate surface area is 225 Å². The number of carbonyl (C=O) groups is 1. The minimum atomic E-state index is -0.0885. The van der Waals surface area contributed by atoms with Crippen molar-refractivity contribution >= 4 is 29.2 Å². The van der Waals surface area contributed by atoms with Gasteiger partial charge in [-0.25, -0.2) is 5.84 Å². The minimum absolute atomic E-state index is 0.0885. The Balaban J connectivity index is 0.00000195. The molecule has 3 heterocycles. The smallest absolute Gasteiger partial charge is 0.255 e. The molecular weight excluding hydrogens is 478 g/mol. The van der Waals surface area contributed by atoms with Gasteiger partial charge in [-0.05, 0) is 48.2 Å². The normalized spacial score (nSPS) is 15.1. The third-order valence-corrected chi connectivity index (χ3v) is 6.12. The van der Waals surface area contributed by atoms with Gasteiger partial charge in [-0.1, -0.05) is 38.1 Å². The van der Waals surface area contributed by atoms with E-state index in [-0.39, 0.29) is 11.6 Å². The molecule has 5 N–H and O–H groups in total. The topological polar surface area (TPSA) is 129 Å². The van der Waals surface area contributed by atoms with Crippen molar-refractivity contribution in [2.45, 2.75) is 33.1 Å². The number of hydrazine groups is 1. The molecule has 0 unspecified atom stereocenters. The number of aliphatic imine (C=N–C) groups is 1. The first-order chi connectivity index (χ1) is 18.6. The molecule has 2 aliphatic rings. The average Bonchev–Trinajstić information content (AvgIpc) is 3.23. The number of fused-ring (bicyclic) bond motifs is 1. The second kappa shape index (κ2) is 15.4. The van der Waals surface area contributed by atoms with E-state index < -0.39 is 0 Å². The molecule has 1 aromatic carbocycles. The lowest BCUT2D eigenvalue weighted by Gasteiger charge is -2.26. The summed E-state index contributed by atoms with van der Waals surface area (Å²) in [6, 6.07) is 8.16. The van der Waals surface area contributed by atoms with Gasteiger partial charge in [-0.2, -0.15) is 0 Å². The lowest BCUT2D eigenvalue weighted by atomic mass is 10.0. The number of nitrogens with zero attached hydrogens (tertiary/aromatic N) is 3. The van der Waals surface area contributed by atoms with Gasteiger partial charge in [0.25, 0.3) is 5.91 Å². The molecule has 0 saturated carbocycles. The predicted molar refractivity (Wildman–Crippen MR) is 155 cm³/mol. The molecule has 38 heavy (non-hydrogen) atoms. The lowest BCUT2D eigenvalue weighted by Crippen LogP contribution is -2.40. The number of pyridine rings is 1. The van der Waals surface area contributed by atoms with Crippen molar-refractivity contribution in [3.63, 3.8) is 0 Å². The Kier molecular flexibility index (Phi) is 11.7. The highest BCUT2D eigenvalue weighted by molar-refractivity contribution is 6.07. The lowest BCUT2D eigenvalue weighted by molar-refractivity contribution is 0.0302. The van der Waals surface area contributed by atoms with Crippen molar-refractivity contribution in [1.82, 2.24) is 15.3 Å². The maximum Gasteiger partial charge on any atom is 0.255 e. The molecule has 202 valence electrons. The number of rotatable bonds is 8. The molecule has 9 nitrogen and oxygen atoms in total. The summed E-state index contributed by atoms with van der Waals surface area (Å²) in [5, 5.41) is 11.8. The summed E-state index contributed by atoms with van der Waals surface area (Å²) in [5.74, 6) is 6.30. The van der Waals surface area contributed by atoms with Gasteiger partial charge in [0.1, 0.15) is 5.84 Å². The number of anilines is 1. The largest absolute Gasteiger partial charge is 0.384 e. The molecule has 1 saturated heterocycles. The minimum Gasteiger partial charge on any atom is -0.384 e. The van der Waals surface area contributed by atoms with Gasteiger partial charge in [0.15, 0.2) is 0 Å². The van der Waals surface area contributed by atoms with Gasteiger partial charge < -0.3 is 25.8 Å². The number of amides is 1. The van der Waals surface area contributed by atoms with Crippen LogP contribution in [0.25, 0.3) is 6.08 Å². The van der Waals surface area contributed by atoms with Crippen molar-refractivity contribution in [3.05, 3.63) is 77.1 Å². The molecule has 1 amide bonds. The van der Waals surface area contributed by atoms with E-state index in [0.29, 0.717) is 56.2 Å². The number of nitrogens with one attached hydrogen (secondary N) is 3. The maximum absolute atomic E-state index is 12.7. The molecule has 0 bridgehead atoms. The quantitative estimate of drug-likeness (QED) is 0.182. The molecule has 1 aromatic heterocycles. The van der Waals surface area contributed by atoms with Crippen LogP contribution in [0.5, 0.6) is 0 Å². The Morgan fingerprint density at radius 1 is 1.24 bits per heavy atom. The van der Waals surface area contributed by atoms with Crippen molar-refractivity contribution in [2.75, 3.05) is 44.7 Å². The molecule has 0 atom stereocenters. The highest BCUT2D eigenvalue weighted by atomic mass is 16.5. The molecular formula is C29H39N7O2. The van der Waals surface area contributed by atoms with Crippen LogP contribution in [0.4, 0.5) is 5.69 Å². The molecule has 4 rings (SSSR count). The van der Waals surface area contributed by atoms with Crippen LogP contribution in [-0.4, -0.2) is 66.7 Å². The van der Waals surface area contributed by atoms with E-state index in [2.05, 4.69) is 51.1 Å². The van der Waals surface area contributed by atoms with Crippen molar-refractivity contribution < 1.29 is 9.53 Å². The first-order valence-electron chi connectivity index (χ1n) is 13.2. The fraction of sp³-hybridized carbons (Fsp3) is 0.379. The van der Waals surface area contributed by atoms with Crippen LogP contribution in [0.1, 0.15) is 53.7 Å². The van der Waals surface area contributed by atoms with E-state index in [0.717, 1.165) is 25.1 Å². The number of aromatic nitrogens is 1. The monoisotopic (exact) mass is 517 g/mol. The second-order valence-electron chi connectivity index (χ2n) is 8.65. The maximum atomic E-state index is 12.7. The zero-order valence-electron chi connectivity index (χ0n) is 22.4. The summed E-state index contributed by atoms with van der Waals surface area (Å²) in [4.78, 5) is 23.1. The SMILES string of the molecule is CC.N=C(/C=C\CN=C(CCc1ccc2c(c1)C=CCCN2)NN)c1cncc(C(=O)N2CCOCC2)c1. The number of amidine groups is 1. The number of aryl methyl sites for hydroxylation is 1. The van der Waals surface area contributed by atoms with Gasteiger partial charge in [0.2, 0.25) is 0 Å². The van der Waals surface area contributed by atoms with Crippen LogP contribution in [0.3, 0.4) is 0 Å². The molecule has 0 aliphatic carbocycles. The van der Waals surface area contributed by atoms with Gasteiger partial charge >= 0.3 is 0 Å². The Morgan fingerprint density at radius 2 is 2.03 bits per heavy atom. The average molecular weight is 518 g/mol. The molecule has 0 spiro atoms. The van der Waals surface area contributed by atoms with E-state index in [1.807, 2.05) is 13.8 Å². The number of carbonyl (C=O) groups excluding carboxylic acids is 1. The van der Waals surface area contributed by atoms with Gasteiger partial charge in [0.05, 0.1) is 31.0 Å². The third kappa shape index (κ3) is 8.36. The number of hydrogen-bond donors (Lipinski definition) is 4. The van der Waals surface area contributed by atoms with Crippen LogP contribution < -0.4 is 16.6 Å². The first-order valence-corrected chi connectivity index (χ1v) is 13.2. The highest BCUT2D eigenvalue weighted by Crippen LogP contribution is 2.22. The Morgan fingerprint density at radius 3 is 2.82 bits per heavy atom. The standard InChI is InChI=1S/C27H33N7O2.C2H6/c28-24(22-17-23(19-30-18-22)27(35)34-12-14-36-15-13-34)5-3-11-32-26(33-29)9-7-20-6-8-25-21(16-20)4-1-2-10-31-25;1-2/h1,3-6,8,16-19,28,31H,2,7,9-15,29H2,(H,32,33);1-2H3/b5-3-,28-24?;. The van der Waals surface area contributed by atoms with Gasteiger partial charge in [-0.3, -0.25) is 14.8 Å². The van der Waals surface area contributed by atoms with Crippen LogP contribution >= 0.6 is 0 Å². The van der Waals surface area contributed by atoms with Crippen molar-refractivity contribution in [3.8, 4) is 0 Å². The zero-order chi connectivity index (χ0) is 27.2. The summed E-state index contributed by atoms with van der Waals surface area (Å²) in [6.07, 6.45) is 13.5. The number of hydrogen-bond acceptors (Lipinski definition) is 7. The summed E-state index contributed by atoms with van der Waals surface area (Å²) >= 11 is 0. The van der Waals surface area contributed by atoms with Crippen LogP contribution in [0.15, 0.2) is 59.9 Å². The second-order valence-corrected chi connectivity index (χ2v) is 8.65. The van der Waals surface area contributed by atoms with Gasteiger partial charge in [-0.15, -0.1) is 0 Å². The summed E-state index contributed by atoms with van der Waals surface area (Å²) < 4.78 is 5.31. The molecule has 2 aliphatic heterocycles. The van der Waals surface area contributed by atoms with Crippen LogP contribution in [0.2, 0.25) is 0 Å². The van der Waals surface area contributed by atoms with Crippen LogP contribution in [0, 0.1) is 5.41 Å². The summed E-state index contributed by atoms with van der Waals surface area (Å²) in [6.45, 7) is 7.56. The fourth-order valence-electron chi connectivity index (χ4n) is 4.11. The van der Waals surface area contributed by atoms with E-state index in [4.69, 9.17) is 16.0 Å². The van der Waals surface area contributed by atoms with Crippen molar-refractivity contribution in [2.24, 2.45) is 10.8 Å². The summed E-state index contributed by atoms with van der Waals surface area (Å²) in [7, 11) is 0. The third-order valence-electron chi connectivity index (χ3n) is 6.12. The molecule has 1 fully saturated rings. The zero-order valence-corrected chi connectivity index (χ0v) is 22.4. The predicted octanol–water partition coefficient (Wildman–Crippen LogP) is 3.83. The number of nitrogens with two attached hydrogens (primary N) is 1. The molecule has 9 heteroatoms. The van der Waals surface area contributed by atoms with E-state index in [1.165, 1.54) is 11.1 Å². The van der Waals surface area contributed by atoms with E-state index in [1.54, 1.807) is 35.5 Å². The number of benzene rings is 1. The number of morpholine rings is 1. The Hall–Kier alpha value is -3.82. The van der Waals surface area contributed by atoms with E-state index in [9.17, 15) is 4.79 Å². The van der Waals surface area contributed by atoms with Gasteiger partial charge in [0, 0.05) is 49.7 Å². The number of allylic oxidation sites excluding steroid dienone is 1.